The van der Waals surface area contributed by atoms with Crippen LogP contribution in [0.25, 0.3) is 10.8 Å². The van der Waals surface area contributed by atoms with Crippen molar-refractivity contribution in [2.45, 2.75) is 26.8 Å². The van der Waals surface area contributed by atoms with Gasteiger partial charge in [-0.05, 0) is 55.3 Å². The number of amides is 2. The molecule has 2 amide bonds. The lowest BCUT2D eigenvalue weighted by Crippen LogP contribution is -2.38. The SMILES string of the molecule is CCc1ccc(N(CC)C(=O)Cn2nc(C(=O)Nc3cc(Cl)ccc3C(=O)OC)c3ccccc3c2=O)cc1. The quantitative estimate of drug-likeness (QED) is 0.321. The molecule has 3 aromatic carbocycles. The second-order valence-corrected chi connectivity index (χ2v) is 9.09. The Balaban J connectivity index is 1.72. The van der Waals surface area contributed by atoms with Crippen LogP contribution in [0.5, 0.6) is 0 Å². The van der Waals surface area contributed by atoms with E-state index in [1.54, 1.807) is 29.2 Å². The second-order valence-electron chi connectivity index (χ2n) is 8.65. The van der Waals surface area contributed by atoms with E-state index >= 15 is 0 Å². The van der Waals surface area contributed by atoms with Gasteiger partial charge in [-0.15, -0.1) is 0 Å². The molecule has 0 unspecified atom stereocenters. The summed E-state index contributed by atoms with van der Waals surface area (Å²) >= 11 is 6.10. The summed E-state index contributed by atoms with van der Waals surface area (Å²) in [7, 11) is 1.22. The van der Waals surface area contributed by atoms with E-state index in [-0.39, 0.29) is 39.8 Å². The first-order valence-electron chi connectivity index (χ1n) is 12.4. The normalized spacial score (nSPS) is 10.8. The molecule has 9 nitrogen and oxygen atoms in total. The maximum Gasteiger partial charge on any atom is 0.339 e. The molecule has 1 aromatic heterocycles. The standard InChI is InChI=1S/C29H27ClN4O5/c1-4-18-10-13-20(14-11-18)33(5-2)25(35)17-34-28(37)22-9-7-6-8-21(22)26(32-34)27(36)31-24-16-19(30)12-15-23(24)29(38)39-3/h6-16H,4-5,17H2,1-3H3,(H,31,36). The molecule has 0 saturated heterocycles. The summed E-state index contributed by atoms with van der Waals surface area (Å²) in [6, 6.07) is 18.5. The van der Waals surface area contributed by atoms with Crippen LogP contribution in [0.4, 0.5) is 11.4 Å². The zero-order chi connectivity index (χ0) is 28.1. The van der Waals surface area contributed by atoms with Crippen molar-refractivity contribution in [2.24, 2.45) is 0 Å². The van der Waals surface area contributed by atoms with Crippen molar-refractivity contribution < 1.29 is 19.1 Å². The summed E-state index contributed by atoms with van der Waals surface area (Å²) in [6.07, 6.45) is 0.873. The van der Waals surface area contributed by atoms with Crippen LogP contribution in [0, 0.1) is 0 Å². The predicted octanol–water partition coefficient (Wildman–Crippen LogP) is 4.70. The average Bonchev–Trinajstić information content (AvgIpc) is 2.95. The van der Waals surface area contributed by atoms with Gasteiger partial charge in [-0.25, -0.2) is 9.48 Å². The Kier molecular flexibility index (Phi) is 8.41. The van der Waals surface area contributed by atoms with Gasteiger partial charge >= 0.3 is 5.97 Å². The van der Waals surface area contributed by atoms with Crippen molar-refractivity contribution in [3.05, 3.63) is 98.9 Å². The average molecular weight is 547 g/mol. The summed E-state index contributed by atoms with van der Waals surface area (Å²) in [5.41, 5.74) is 1.45. The van der Waals surface area contributed by atoms with Crippen molar-refractivity contribution in [1.82, 2.24) is 9.78 Å². The minimum absolute atomic E-state index is 0.0933. The molecule has 1 heterocycles. The first-order valence-corrected chi connectivity index (χ1v) is 12.7. The molecule has 0 saturated carbocycles. The molecule has 4 aromatic rings. The number of aryl methyl sites for hydroxylation is 1. The van der Waals surface area contributed by atoms with Gasteiger partial charge in [0.15, 0.2) is 5.69 Å². The summed E-state index contributed by atoms with van der Waals surface area (Å²) in [6.45, 7) is 3.89. The maximum atomic E-state index is 13.4. The topological polar surface area (TPSA) is 111 Å². The van der Waals surface area contributed by atoms with E-state index < -0.39 is 17.4 Å². The minimum atomic E-state index is -0.692. The highest BCUT2D eigenvalue weighted by Crippen LogP contribution is 2.24. The molecule has 39 heavy (non-hydrogen) atoms. The maximum absolute atomic E-state index is 13.4. The molecule has 0 spiro atoms. The highest BCUT2D eigenvalue weighted by Gasteiger charge is 2.22. The lowest BCUT2D eigenvalue weighted by molar-refractivity contribution is -0.119. The number of likely N-dealkylation sites (N-methyl/N-ethyl adjacent to an activating group) is 1. The summed E-state index contributed by atoms with van der Waals surface area (Å²) in [5, 5.41) is 7.75. The van der Waals surface area contributed by atoms with Crippen LogP contribution in [0.1, 0.15) is 40.3 Å². The number of aromatic nitrogens is 2. The van der Waals surface area contributed by atoms with E-state index in [2.05, 4.69) is 10.4 Å². The molecule has 4 rings (SSSR count). The number of nitrogens with zero attached hydrogens (tertiary/aromatic N) is 3. The summed E-state index contributed by atoms with van der Waals surface area (Å²) < 4.78 is 5.79. The van der Waals surface area contributed by atoms with Gasteiger partial charge in [-0.1, -0.05) is 48.9 Å². The highest BCUT2D eigenvalue weighted by molar-refractivity contribution is 6.31. The van der Waals surface area contributed by atoms with Crippen molar-refractivity contribution in [2.75, 3.05) is 23.9 Å². The second kappa shape index (κ2) is 11.9. The highest BCUT2D eigenvalue weighted by atomic mass is 35.5. The Hall–Kier alpha value is -4.50. The fraction of sp³-hybridized carbons (Fsp3) is 0.207. The van der Waals surface area contributed by atoms with Crippen LogP contribution >= 0.6 is 11.6 Å². The molecule has 10 heteroatoms. The van der Waals surface area contributed by atoms with E-state index in [4.69, 9.17) is 16.3 Å². The van der Waals surface area contributed by atoms with Crippen LogP contribution in [0.3, 0.4) is 0 Å². The number of benzene rings is 3. The van der Waals surface area contributed by atoms with E-state index in [0.29, 0.717) is 17.6 Å². The molecule has 0 radical (unpaired) electrons. The van der Waals surface area contributed by atoms with Crippen molar-refractivity contribution >= 4 is 51.5 Å². The number of carbonyl (C=O) groups excluding carboxylic acids is 3. The molecule has 200 valence electrons. The van der Waals surface area contributed by atoms with E-state index in [1.165, 1.54) is 25.3 Å². The minimum Gasteiger partial charge on any atom is -0.465 e. The Morgan fingerprint density at radius 3 is 2.33 bits per heavy atom. The van der Waals surface area contributed by atoms with Crippen molar-refractivity contribution in [1.29, 1.82) is 0 Å². The largest absolute Gasteiger partial charge is 0.465 e. The number of rotatable bonds is 8. The molecule has 1 N–H and O–H groups in total. The van der Waals surface area contributed by atoms with Crippen LogP contribution in [-0.2, 0) is 22.5 Å². The molecule has 0 aliphatic heterocycles. The van der Waals surface area contributed by atoms with Gasteiger partial charge in [0.05, 0.1) is 23.7 Å². The molecule has 0 bridgehead atoms. The van der Waals surface area contributed by atoms with Gasteiger partial charge in [0, 0.05) is 22.6 Å². The van der Waals surface area contributed by atoms with Crippen LogP contribution in [0.2, 0.25) is 5.02 Å². The zero-order valence-corrected chi connectivity index (χ0v) is 22.5. The summed E-state index contributed by atoms with van der Waals surface area (Å²) in [4.78, 5) is 53.8. The van der Waals surface area contributed by atoms with Gasteiger partial charge < -0.3 is 15.0 Å². The van der Waals surface area contributed by atoms with Crippen LogP contribution < -0.4 is 15.8 Å². The summed E-state index contributed by atoms with van der Waals surface area (Å²) in [5.74, 6) is -1.72. The number of carbonyl (C=O) groups is 3. The smallest absolute Gasteiger partial charge is 0.339 e. The molecule has 0 aliphatic carbocycles. The van der Waals surface area contributed by atoms with Crippen molar-refractivity contribution in [3.8, 4) is 0 Å². The monoisotopic (exact) mass is 546 g/mol. The van der Waals surface area contributed by atoms with E-state index in [1.807, 2.05) is 38.1 Å². The number of nitrogens with one attached hydrogen (secondary N) is 1. The van der Waals surface area contributed by atoms with Crippen LogP contribution in [0.15, 0.2) is 71.5 Å². The molecular weight excluding hydrogens is 520 g/mol. The fourth-order valence-electron chi connectivity index (χ4n) is 4.23. The van der Waals surface area contributed by atoms with Crippen LogP contribution in [-0.4, -0.2) is 41.2 Å². The molecule has 0 fully saturated rings. The van der Waals surface area contributed by atoms with Gasteiger partial charge in [0.2, 0.25) is 5.91 Å². The first kappa shape index (κ1) is 27.5. The van der Waals surface area contributed by atoms with E-state index in [9.17, 15) is 19.2 Å². The number of hydrogen-bond donors (Lipinski definition) is 1. The lowest BCUT2D eigenvalue weighted by atomic mass is 10.1. The zero-order valence-electron chi connectivity index (χ0n) is 21.7. The number of fused-ring (bicyclic) bond motifs is 1. The van der Waals surface area contributed by atoms with Gasteiger partial charge in [-0.2, -0.15) is 5.10 Å². The Labute approximate surface area is 230 Å². The number of esters is 1. The molecule has 0 atom stereocenters. The third kappa shape index (κ3) is 5.83. The number of anilines is 2. The lowest BCUT2D eigenvalue weighted by Gasteiger charge is -2.22. The Morgan fingerprint density at radius 2 is 1.69 bits per heavy atom. The van der Waals surface area contributed by atoms with Gasteiger partial charge in [-0.3, -0.25) is 14.4 Å². The number of hydrogen-bond acceptors (Lipinski definition) is 6. The Bertz CT molecular complexity index is 1610. The van der Waals surface area contributed by atoms with Gasteiger partial charge in [0.1, 0.15) is 6.54 Å². The Morgan fingerprint density at radius 1 is 1.00 bits per heavy atom. The molecule has 0 aliphatic rings. The van der Waals surface area contributed by atoms with Crippen molar-refractivity contribution in [3.63, 3.8) is 0 Å². The predicted molar refractivity (Wildman–Crippen MR) is 151 cm³/mol. The number of ether oxygens (including phenoxy) is 1. The number of halogens is 1. The number of methoxy groups -OCH3 is 1. The molecular formula is C29H27ClN4O5. The fourth-order valence-corrected chi connectivity index (χ4v) is 4.40. The third-order valence-corrected chi connectivity index (χ3v) is 6.51. The van der Waals surface area contributed by atoms with Gasteiger partial charge in [0.25, 0.3) is 11.5 Å². The third-order valence-electron chi connectivity index (χ3n) is 6.28. The first-order chi connectivity index (χ1) is 18.8. The van der Waals surface area contributed by atoms with E-state index in [0.717, 1.165) is 16.7 Å².